The first kappa shape index (κ1) is 12.5. The van der Waals surface area contributed by atoms with Crippen LogP contribution in [-0.4, -0.2) is 47.0 Å². The predicted octanol–water partition coefficient (Wildman–Crippen LogP) is -0.0934. The molecule has 1 aromatic rings. The van der Waals surface area contributed by atoms with Crippen molar-refractivity contribution in [2.45, 2.75) is 18.8 Å². The lowest BCUT2D eigenvalue weighted by atomic mass is 9.93. The number of rotatable bonds is 2. The van der Waals surface area contributed by atoms with Crippen molar-refractivity contribution < 1.29 is 4.79 Å². The monoisotopic (exact) mass is 261 g/mol. The molecule has 0 aromatic carbocycles. The second kappa shape index (κ2) is 5.63. The quantitative estimate of drug-likeness (QED) is 0.778. The van der Waals surface area contributed by atoms with Crippen LogP contribution in [0, 0.1) is 5.92 Å². The molecular formula is C13H19N5O. The standard InChI is InChI=1S/C13H19N5O/c19-13(11-6-16-17-7-11)18-5-1-2-10(8-18)12-3-4-14-9-15-12/h3-4,9-11,16-17H,1-2,5-8H2. The van der Waals surface area contributed by atoms with Gasteiger partial charge in [0.2, 0.25) is 5.91 Å². The number of aromatic nitrogens is 2. The Morgan fingerprint density at radius 3 is 2.95 bits per heavy atom. The van der Waals surface area contributed by atoms with Crippen LogP contribution in [0.4, 0.5) is 0 Å². The minimum Gasteiger partial charge on any atom is -0.342 e. The van der Waals surface area contributed by atoms with Gasteiger partial charge in [0, 0.05) is 44.0 Å². The molecule has 0 radical (unpaired) electrons. The molecule has 2 saturated heterocycles. The molecular weight excluding hydrogens is 242 g/mol. The van der Waals surface area contributed by atoms with E-state index >= 15 is 0 Å². The average molecular weight is 261 g/mol. The molecule has 0 bridgehead atoms. The highest BCUT2D eigenvalue weighted by Crippen LogP contribution is 2.26. The van der Waals surface area contributed by atoms with Gasteiger partial charge in [0.05, 0.1) is 5.92 Å². The van der Waals surface area contributed by atoms with E-state index in [1.54, 1.807) is 12.5 Å². The van der Waals surface area contributed by atoms with Crippen molar-refractivity contribution in [3.63, 3.8) is 0 Å². The minimum absolute atomic E-state index is 0.0733. The van der Waals surface area contributed by atoms with E-state index < -0.39 is 0 Å². The maximum absolute atomic E-state index is 12.4. The van der Waals surface area contributed by atoms with Crippen LogP contribution in [0.2, 0.25) is 0 Å². The fraction of sp³-hybridized carbons (Fsp3) is 0.615. The Morgan fingerprint density at radius 1 is 1.37 bits per heavy atom. The smallest absolute Gasteiger partial charge is 0.228 e. The van der Waals surface area contributed by atoms with Gasteiger partial charge in [0.25, 0.3) is 0 Å². The number of amides is 1. The van der Waals surface area contributed by atoms with Crippen LogP contribution >= 0.6 is 0 Å². The number of carbonyl (C=O) groups is 1. The summed E-state index contributed by atoms with van der Waals surface area (Å²) in [6, 6.07) is 1.96. The Hall–Kier alpha value is -1.53. The third kappa shape index (κ3) is 2.74. The molecule has 1 atom stereocenters. The summed E-state index contributed by atoms with van der Waals surface area (Å²) in [5, 5.41) is 0. The summed E-state index contributed by atoms with van der Waals surface area (Å²) in [6.07, 6.45) is 5.50. The van der Waals surface area contributed by atoms with E-state index in [1.807, 2.05) is 11.0 Å². The van der Waals surface area contributed by atoms with Crippen LogP contribution in [0.1, 0.15) is 24.5 Å². The van der Waals surface area contributed by atoms with Crippen LogP contribution in [0.15, 0.2) is 18.6 Å². The lowest BCUT2D eigenvalue weighted by Crippen LogP contribution is -2.43. The van der Waals surface area contributed by atoms with E-state index in [0.29, 0.717) is 5.92 Å². The summed E-state index contributed by atoms with van der Waals surface area (Å²) in [5.41, 5.74) is 7.09. The van der Waals surface area contributed by atoms with Gasteiger partial charge >= 0.3 is 0 Å². The highest BCUT2D eigenvalue weighted by Gasteiger charge is 2.31. The molecule has 3 heterocycles. The molecule has 19 heavy (non-hydrogen) atoms. The zero-order valence-electron chi connectivity index (χ0n) is 10.9. The lowest BCUT2D eigenvalue weighted by Gasteiger charge is -2.33. The average Bonchev–Trinajstić information content (AvgIpc) is 3.02. The van der Waals surface area contributed by atoms with Crippen LogP contribution in [0.5, 0.6) is 0 Å². The predicted molar refractivity (Wildman–Crippen MR) is 70.1 cm³/mol. The van der Waals surface area contributed by atoms with Gasteiger partial charge < -0.3 is 4.90 Å². The van der Waals surface area contributed by atoms with Crippen molar-refractivity contribution in [2.24, 2.45) is 5.92 Å². The summed E-state index contributed by atoms with van der Waals surface area (Å²) in [7, 11) is 0. The van der Waals surface area contributed by atoms with Crippen LogP contribution in [0.25, 0.3) is 0 Å². The molecule has 2 N–H and O–H groups in total. The van der Waals surface area contributed by atoms with Gasteiger partial charge in [-0.3, -0.25) is 15.6 Å². The van der Waals surface area contributed by atoms with E-state index in [9.17, 15) is 4.79 Å². The van der Waals surface area contributed by atoms with Crippen molar-refractivity contribution in [2.75, 3.05) is 26.2 Å². The number of likely N-dealkylation sites (tertiary alicyclic amines) is 1. The lowest BCUT2D eigenvalue weighted by molar-refractivity contribution is -0.135. The van der Waals surface area contributed by atoms with Crippen LogP contribution in [0.3, 0.4) is 0 Å². The van der Waals surface area contributed by atoms with Gasteiger partial charge in [-0.2, -0.15) is 0 Å². The molecule has 0 aliphatic carbocycles. The highest BCUT2D eigenvalue weighted by molar-refractivity contribution is 5.79. The van der Waals surface area contributed by atoms with Gasteiger partial charge in [0.1, 0.15) is 6.33 Å². The van der Waals surface area contributed by atoms with Crippen molar-refractivity contribution >= 4 is 5.91 Å². The first-order valence-electron chi connectivity index (χ1n) is 6.85. The number of piperidine rings is 1. The maximum atomic E-state index is 12.4. The van der Waals surface area contributed by atoms with Gasteiger partial charge in [-0.05, 0) is 18.9 Å². The van der Waals surface area contributed by atoms with E-state index in [4.69, 9.17) is 0 Å². The zero-order chi connectivity index (χ0) is 13.1. The third-order valence-corrected chi connectivity index (χ3v) is 3.93. The van der Waals surface area contributed by atoms with Crippen molar-refractivity contribution in [3.05, 3.63) is 24.3 Å². The Morgan fingerprint density at radius 2 is 2.21 bits per heavy atom. The molecule has 3 rings (SSSR count). The molecule has 2 fully saturated rings. The van der Waals surface area contributed by atoms with Gasteiger partial charge in [-0.15, -0.1) is 0 Å². The summed E-state index contributed by atoms with van der Waals surface area (Å²) in [5.74, 6) is 0.684. The van der Waals surface area contributed by atoms with Gasteiger partial charge in [-0.1, -0.05) is 0 Å². The van der Waals surface area contributed by atoms with Gasteiger partial charge in [-0.25, -0.2) is 9.97 Å². The number of hydrogen-bond donors (Lipinski definition) is 2. The molecule has 0 saturated carbocycles. The highest BCUT2D eigenvalue weighted by atomic mass is 16.2. The van der Waals surface area contributed by atoms with Crippen molar-refractivity contribution in [1.29, 1.82) is 0 Å². The van der Waals surface area contributed by atoms with E-state index in [1.165, 1.54) is 0 Å². The largest absolute Gasteiger partial charge is 0.342 e. The number of hydrazine groups is 1. The van der Waals surface area contributed by atoms with Gasteiger partial charge in [0.15, 0.2) is 0 Å². The van der Waals surface area contributed by atoms with Crippen LogP contribution < -0.4 is 10.9 Å². The van der Waals surface area contributed by atoms with E-state index in [-0.39, 0.29) is 11.8 Å². The Labute approximate surface area is 112 Å². The van der Waals surface area contributed by atoms with Crippen molar-refractivity contribution in [3.8, 4) is 0 Å². The summed E-state index contributed by atoms with van der Waals surface area (Å²) >= 11 is 0. The van der Waals surface area contributed by atoms with Crippen molar-refractivity contribution in [1.82, 2.24) is 25.7 Å². The molecule has 0 spiro atoms. The zero-order valence-corrected chi connectivity index (χ0v) is 10.9. The fourth-order valence-electron chi connectivity index (χ4n) is 2.86. The molecule has 1 aromatic heterocycles. The number of hydrogen-bond acceptors (Lipinski definition) is 5. The summed E-state index contributed by atoms with van der Waals surface area (Å²) in [6.45, 7) is 3.12. The fourth-order valence-corrected chi connectivity index (χ4v) is 2.86. The normalized spacial score (nSPS) is 24.6. The summed E-state index contributed by atoms with van der Waals surface area (Å²) in [4.78, 5) is 22.7. The molecule has 102 valence electrons. The Balaban J connectivity index is 1.66. The molecule has 2 aliphatic heterocycles. The first-order chi connectivity index (χ1) is 9.34. The maximum Gasteiger partial charge on any atom is 0.228 e. The minimum atomic E-state index is 0.0733. The SMILES string of the molecule is O=C(C1CNNC1)N1CCCC(c2ccncn2)C1. The number of carbonyl (C=O) groups excluding carboxylic acids is 1. The second-order valence-electron chi connectivity index (χ2n) is 5.22. The Kier molecular flexibility index (Phi) is 3.70. The topological polar surface area (TPSA) is 70.2 Å². The van der Waals surface area contributed by atoms with Crippen LogP contribution in [-0.2, 0) is 4.79 Å². The Bertz CT molecular complexity index is 432. The third-order valence-electron chi connectivity index (χ3n) is 3.93. The molecule has 1 unspecified atom stereocenters. The molecule has 2 aliphatic rings. The number of nitrogens with zero attached hydrogens (tertiary/aromatic N) is 3. The molecule has 1 amide bonds. The molecule has 6 heteroatoms. The first-order valence-corrected chi connectivity index (χ1v) is 6.85. The second-order valence-corrected chi connectivity index (χ2v) is 5.22. The number of nitrogens with one attached hydrogen (secondary N) is 2. The summed E-state index contributed by atoms with van der Waals surface area (Å²) < 4.78 is 0. The van der Waals surface area contributed by atoms with E-state index in [0.717, 1.165) is 44.7 Å². The molecule has 6 nitrogen and oxygen atoms in total. The van der Waals surface area contributed by atoms with E-state index in [2.05, 4.69) is 20.8 Å².